The minimum atomic E-state index is -2.94. The van der Waals surface area contributed by atoms with Crippen LogP contribution >= 0.6 is 0 Å². The quantitative estimate of drug-likeness (QED) is 0.725. The number of fused-ring (bicyclic) bond motifs is 4. The fourth-order valence-corrected chi connectivity index (χ4v) is 4.81. The number of alkyl halides is 2. The van der Waals surface area contributed by atoms with E-state index in [1.807, 2.05) is 0 Å². The Morgan fingerprint density at radius 2 is 2.10 bits per heavy atom. The zero-order chi connectivity index (χ0) is 21.3. The Hall–Kier alpha value is -3.10. The molecular weight excluding hydrogens is 397 g/mol. The molecule has 6 nitrogen and oxygen atoms in total. The van der Waals surface area contributed by atoms with Crippen LogP contribution in [0.1, 0.15) is 24.8 Å². The third kappa shape index (κ3) is 2.54. The highest BCUT2D eigenvalue weighted by Gasteiger charge is 2.63. The third-order valence-electron chi connectivity index (χ3n) is 6.30. The molecule has 1 aliphatic carbocycles. The lowest BCUT2D eigenvalue weighted by atomic mass is 9.66. The number of benzene rings is 1. The van der Waals surface area contributed by atoms with E-state index in [0.29, 0.717) is 16.9 Å². The lowest BCUT2D eigenvalue weighted by Crippen LogP contribution is -2.56. The van der Waals surface area contributed by atoms with Crippen LogP contribution in [0.15, 0.2) is 41.5 Å². The van der Waals surface area contributed by atoms with Gasteiger partial charge in [-0.1, -0.05) is 6.07 Å². The number of halogens is 3. The normalized spacial score (nSPS) is 29.3. The van der Waals surface area contributed by atoms with Crippen molar-refractivity contribution in [3.05, 3.63) is 48.0 Å². The first-order valence-corrected chi connectivity index (χ1v) is 9.66. The van der Waals surface area contributed by atoms with Crippen molar-refractivity contribution in [2.75, 3.05) is 7.05 Å². The third-order valence-corrected chi connectivity index (χ3v) is 6.30. The van der Waals surface area contributed by atoms with Gasteiger partial charge >= 0.3 is 0 Å². The summed E-state index contributed by atoms with van der Waals surface area (Å²) in [7, 11) is 1.46. The van der Waals surface area contributed by atoms with Crippen molar-refractivity contribution >= 4 is 11.9 Å². The molecule has 2 N–H and O–H groups in total. The molecule has 1 amide bonds. The monoisotopic (exact) mass is 416 g/mol. The SMILES string of the molecule is CN1C(=O)C2(N=C1N)c1cc(-c3cccnc3F)ccc1OC1CCC(F)(F)CC12. The van der Waals surface area contributed by atoms with Crippen LogP contribution in [0, 0.1) is 11.9 Å². The van der Waals surface area contributed by atoms with Gasteiger partial charge in [-0.3, -0.25) is 9.69 Å². The van der Waals surface area contributed by atoms with Gasteiger partial charge in [0.2, 0.25) is 11.9 Å². The van der Waals surface area contributed by atoms with Gasteiger partial charge in [0.25, 0.3) is 5.91 Å². The molecule has 156 valence electrons. The smallest absolute Gasteiger partial charge is 0.262 e. The highest BCUT2D eigenvalue weighted by Crippen LogP contribution is 2.56. The molecule has 30 heavy (non-hydrogen) atoms. The molecule has 5 rings (SSSR count). The van der Waals surface area contributed by atoms with Crippen molar-refractivity contribution in [2.45, 2.75) is 36.8 Å². The van der Waals surface area contributed by atoms with E-state index in [2.05, 4.69) is 9.98 Å². The van der Waals surface area contributed by atoms with Crippen molar-refractivity contribution < 1.29 is 22.7 Å². The topological polar surface area (TPSA) is 80.8 Å². The van der Waals surface area contributed by atoms with Crippen LogP contribution in [0.4, 0.5) is 13.2 Å². The maximum atomic E-state index is 14.4. The lowest BCUT2D eigenvalue weighted by molar-refractivity contribution is -0.145. The Morgan fingerprint density at radius 3 is 2.80 bits per heavy atom. The molecule has 1 aromatic carbocycles. The Morgan fingerprint density at radius 1 is 1.30 bits per heavy atom. The largest absolute Gasteiger partial charge is 0.490 e. The molecule has 3 unspecified atom stereocenters. The number of nitrogens with zero attached hydrogens (tertiary/aromatic N) is 3. The molecule has 3 heterocycles. The molecular formula is C21H19F3N4O2. The van der Waals surface area contributed by atoms with Crippen LogP contribution in [0.2, 0.25) is 0 Å². The molecule has 1 fully saturated rings. The van der Waals surface area contributed by atoms with E-state index in [0.717, 1.165) is 0 Å². The second-order valence-electron chi connectivity index (χ2n) is 8.01. The zero-order valence-electron chi connectivity index (χ0n) is 16.1. The Labute approximate surface area is 170 Å². The standard InChI is InChI=1S/C21H19F3N4O2/c1-28-18(29)21(27-19(28)25)13-9-11(12-3-2-8-26-17(12)22)4-5-15(13)30-16-6-7-20(23,24)10-14(16)21/h2-5,8-9,14,16H,6-7,10H2,1H3,(H2,25,27). The molecule has 3 atom stereocenters. The summed E-state index contributed by atoms with van der Waals surface area (Å²) in [6.45, 7) is 0. The Balaban J connectivity index is 1.74. The number of hydrogen-bond acceptors (Lipinski definition) is 5. The molecule has 1 spiro atoms. The summed E-state index contributed by atoms with van der Waals surface area (Å²) < 4.78 is 49.1. The van der Waals surface area contributed by atoms with Crippen LogP contribution in [-0.4, -0.2) is 40.8 Å². The number of aliphatic imine (C=N–C) groups is 1. The summed E-state index contributed by atoms with van der Waals surface area (Å²) in [6, 6.07) is 8.00. The highest BCUT2D eigenvalue weighted by molar-refractivity contribution is 6.07. The summed E-state index contributed by atoms with van der Waals surface area (Å²) >= 11 is 0. The molecule has 1 saturated carbocycles. The molecule has 9 heteroatoms. The van der Waals surface area contributed by atoms with Crippen molar-refractivity contribution in [3.63, 3.8) is 0 Å². The van der Waals surface area contributed by atoms with Gasteiger partial charge in [0, 0.05) is 43.1 Å². The van der Waals surface area contributed by atoms with Gasteiger partial charge in [0.15, 0.2) is 11.5 Å². The average Bonchev–Trinajstić information content (AvgIpc) is 2.94. The fraction of sp³-hybridized carbons (Fsp3) is 0.381. The number of amides is 1. The number of carbonyl (C=O) groups is 1. The van der Waals surface area contributed by atoms with E-state index in [4.69, 9.17) is 10.5 Å². The number of ether oxygens (including phenoxy) is 1. The zero-order valence-corrected chi connectivity index (χ0v) is 16.1. The van der Waals surface area contributed by atoms with Crippen LogP contribution in [0.5, 0.6) is 5.75 Å². The maximum Gasteiger partial charge on any atom is 0.262 e. The number of hydrogen-bond donors (Lipinski definition) is 1. The summed E-state index contributed by atoms with van der Waals surface area (Å²) in [6.07, 6.45) is -0.0211. The second-order valence-corrected chi connectivity index (χ2v) is 8.01. The maximum absolute atomic E-state index is 14.4. The molecule has 0 radical (unpaired) electrons. The summed E-state index contributed by atoms with van der Waals surface area (Å²) in [5.41, 5.74) is 5.31. The minimum absolute atomic E-state index is 0.0431. The Kier molecular flexibility index (Phi) is 3.90. The number of aromatic nitrogens is 1. The van der Waals surface area contributed by atoms with Gasteiger partial charge in [0.05, 0.1) is 0 Å². The van der Waals surface area contributed by atoms with Gasteiger partial charge in [0.1, 0.15) is 11.9 Å². The Bertz CT molecular complexity index is 1090. The number of carbonyl (C=O) groups excluding carboxylic acids is 1. The van der Waals surface area contributed by atoms with Crippen molar-refractivity contribution in [2.24, 2.45) is 16.6 Å². The van der Waals surface area contributed by atoms with Gasteiger partial charge in [-0.2, -0.15) is 4.39 Å². The molecule has 2 aliphatic heterocycles. The van der Waals surface area contributed by atoms with Crippen molar-refractivity contribution in [3.8, 4) is 16.9 Å². The van der Waals surface area contributed by atoms with E-state index < -0.39 is 41.8 Å². The molecule has 0 saturated heterocycles. The lowest BCUT2D eigenvalue weighted by Gasteiger charge is -2.47. The predicted octanol–water partition coefficient (Wildman–Crippen LogP) is 3.07. The first kappa shape index (κ1) is 18.9. The summed E-state index contributed by atoms with van der Waals surface area (Å²) in [4.78, 5) is 22.7. The first-order valence-electron chi connectivity index (χ1n) is 9.66. The summed E-state index contributed by atoms with van der Waals surface area (Å²) in [5, 5.41) is 0. The summed E-state index contributed by atoms with van der Waals surface area (Å²) in [5.74, 6) is -4.66. The number of pyridine rings is 1. The van der Waals surface area contributed by atoms with E-state index in [9.17, 15) is 18.0 Å². The van der Waals surface area contributed by atoms with Crippen LogP contribution < -0.4 is 10.5 Å². The molecule has 3 aliphatic rings. The number of likely N-dealkylation sites (N-methyl/N-ethyl adjacent to an activating group) is 1. The fourth-order valence-electron chi connectivity index (χ4n) is 4.81. The van der Waals surface area contributed by atoms with Gasteiger partial charge in [-0.25, -0.2) is 18.8 Å². The van der Waals surface area contributed by atoms with E-state index in [1.54, 1.807) is 30.3 Å². The van der Waals surface area contributed by atoms with Crippen molar-refractivity contribution in [1.29, 1.82) is 0 Å². The molecule has 1 aromatic heterocycles. The van der Waals surface area contributed by atoms with Gasteiger partial charge in [-0.05, 0) is 36.2 Å². The predicted molar refractivity (Wildman–Crippen MR) is 102 cm³/mol. The van der Waals surface area contributed by atoms with E-state index in [-0.39, 0.29) is 24.4 Å². The van der Waals surface area contributed by atoms with E-state index >= 15 is 0 Å². The van der Waals surface area contributed by atoms with Crippen LogP contribution in [0.25, 0.3) is 11.1 Å². The number of guanidine groups is 1. The number of nitrogens with two attached hydrogens (primary N) is 1. The van der Waals surface area contributed by atoms with Crippen molar-refractivity contribution in [1.82, 2.24) is 9.88 Å². The molecule has 2 aromatic rings. The molecule has 0 bridgehead atoms. The van der Waals surface area contributed by atoms with Gasteiger partial charge in [-0.15, -0.1) is 0 Å². The second kappa shape index (κ2) is 6.20. The van der Waals surface area contributed by atoms with Crippen LogP contribution in [0.3, 0.4) is 0 Å². The minimum Gasteiger partial charge on any atom is -0.490 e. The van der Waals surface area contributed by atoms with Gasteiger partial charge < -0.3 is 10.5 Å². The highest BCUT2D eigenvalue weighted by atomic mass is 19.3. The average molecular weight is 416 g/mol. The number of rotatable bonds is 1. The van der Waals surface area contributed by atoms with Crippen LogP contribution in [-0.2, 0) is 10.3 Å². The first-order chi connectivity index (χ1) is 14.2. The van der Waals surface area contributed by atoms with E-state index in [1.165, 1.54) is 18.1 Å².